The molecule has 0 saturated carbocycles. The summed E-state index contributed by atoms with van der Waals surface area (Å²) in [6.07, 6.45) is 2.38. The summed E-state index contributed by atoms with van der Waals surface area (Å²) in [7, 11) is 0. The lowest BCUT2D eigenvalue weighted by atomic mass is 9.99. The molecule has 0 radical (unpaired) electrons. The summed E-state index contributed by atoms with van der Waals surface area (Å²) in [4.78, 5) is 2.58. The van der Waals surface area contributed by atoms with E-state index in [4.69, 9.17) is 4.74 Å². The van der Waals surface area contributed by atoms with E-state index in [9.17, 15) is 0 Å². The molecular weight excluding hydrogens is 328 g/mol. The van der Waals surface area contributed by atoms with Crippen LogP contribution in [0.4, 0.5) is 0 Å². The minimum absolute atomic E-state index is 0.430. The molecule has 2 unspecified atom stereocenters. The summed E-state index contributed by atoms with van der Waals surface area (Å²) in [5, 5.41) is 3.78. The lowest BCUT2D eigenvalue weighted by Crippen LogP contribution is -2.33. The molecule has 1 fully saturated rings. The Morgan fingerprint density at radius 3 is 3.00 bits per heavy atom. The third kappa shape index (κ3) is 3.61. The molecule has 0 aliphatic carbocycles. The first kappa shape index (κ1) is 15.3. The van der Waals surface area contributed by atoms with Crippen molar-refractivity contribution in [3.63, 3.8) is 0 Å². The van der Waals surface area contributed by atoms with Crippen LogP contribution in [0.3, 0.4) is 0 Å². The van der Waals surface area contributed by atoms with Crippen LogP contribution in [0.5, 0.6) is 5.75 Å². The fraction of sp³-hybridized carbons (Fsp3) is 0.647. The van der Waals surface area contributed by atoms with E-state index < -0.39 is 0 Å². The second-order valence-corrected chi connectivity index (χ2v) is 7.44. The monoisotopic (exact) mass is 352 g/mol. The van der Waals surface area contributed by atoms with E-state index in [0.29, 0.717) is 12.1 Å². The molecule has 2 aliphatic heterocycles. The van der Waals surface area contributed by atoms with Crippen molar-refractivity contribution in [2.75, 3.05) is 26.2 Å². The van der Waals surface area contributed by atoms with Crippen molar-refractivity contribution < 1.29 is 4.74 Å². The van der Waals surface area contributed by atoms with Gasteiger partial charge in [-0.3, -0.25) is 0 Å². The van der Waals surface area contributed by atoms with Crippen LogP contribution in [0.15, 0.2) is 22.7 Å². The van der Waals surface area contributed by atoms with Crippen LogP contribution >= 0.6 is 15.9 Å². The number of benzene rings is 1. The van der Waals surface area contributed by atoms with Gasteiger partial charge >= 0.3 is 0 Å². The van der Waals surface area contributed by atoms with Crippen LogP contribution in [0.25, 0.3) is 0 Å². The van der Waals surface area contributed by atoms with Gasteiger partial charge in [-0.1, -0.05) is 15.9 Å². The molecule has 1 N–H and O–H groups in total. The summed E-state index contributed by atoms with van der Waals surface area (Å²) in [6.45, 7) is 9.00. The summed E-state index contributed by atoms with van der Waals surface area (Å²) in [6, 6.07) is 7.43. The van der Waals surface area contributed by atoms with Crippen LogP contribution in [-0.2, 0) is 0 Å². The van der Waals surface area contributed by atoms with Crippen molar-refractivity contribution in [1.29, 1.82) is 0 Å². The molecule has 21 heavy (non-hydrogen) atoms. The van der Waals surface area contributed by atoms with Crippen molar-refractivity contribution >= 4 is 15.9 Å². The maximum Gasteiger partial charge on any atom is 0.124 e. The first-order valence-corrected chi connectivity index (χ1v) is 8.82. The molecule has 3 nitrogen and oxygen atoms in total. The Kier molecular flexibility index (Phi) is 4.87. The summed E-state index contributed by atoms with van der Waals surface area (Å²) >= 11 is 3.57. The fourth-order valence-corrected chi connectivity index (χ4v) is 3.76. The van der Waals surface area contributed by atoms with Gasteiger partial charge < -0.3 is 15.0 Å². The average Bonchev–Trinajstić information content (AvgIpc) is 2.94. The van der Waals surface area contributed by atoms with Gasteiger partial charge in [0.25, 0.3) is 0 Å². The van der Waals surface area contributed by atoms with Gasteiger partial charge in [-0.25, -0.2) is 0 Å². The maximum absolute atomic E-state index is 5.76. The molecule has 2 aliphatic rings. The first-order valence-electron chi connectivity index (χ1n) is 8.03. The van der Waals surface area contributed by atoms with Crippen molar-refractivity contribution in [2.45, 2.75) is 38.8 Å². The summed E-state index contributed by atoms with van der Waals surface area (Å²) in [5.74, 6) is 1.82. The van der Waals surface area contributed by atoms with Crippen LogP contribution in [-0.4, -0.2) is 37.2 Å². The highest BCUT2D eigenvalue weighted by atomic mass is 79.9. The maximum atomic E-state index is 5.76. The second kappa shape index (κ2) is 6.67. The van der Waals surface area contributed by atoms with Crippen molar-refractivity contribution in [1.82, 2.24) is 10.2 Å². The molecule has 0 bridgehead atoms. The van der Waals surface area contributed by atoms with Crippen LogP contribution in [0.2, 0.25) is 0 Å². The normalized spacial score (nSPS) is 25.9. The smallest absolute Gasteiger partial charge is 0.124 e. The van der Waals surface area contributed by atoms with Crippen molar-refractivity contribution in [3.05, 3.63) is 28.2 Å². The molecule has 2 heterocycles. The number of nitrogens with one attached hydrogen (secondary N) is 1. The Morgan fingerprint density at radius 2 is 2.24 bits per heavy atom. The Bertz CT molecular complexity index is 492. The summed E-state index contributed by atoms with van der Waals surface area (Å²) in [5.41, 5.74) is 1.30. The van der Waals surface area contributed by atoms with E-state index in [1.54, 1.807) is 0 Å². The molecule has 1 aromatic carbocycles. The molecule has 0 amide bonds. The standard InChI is InChI=1S/C17H25BrN2O/c1-12(2)20-7-5-13(11-20)10-19-16-6-8-21-17-4-3-14(18)9-15(16)17/h3-4,9,12-13,16,19H,5-8,10-11H2,1-2H3. The third-order valence-corrected chi connectivity index (χ3v) is 5.21. The molecule has 0 aromatic heterocycles. The molecule has 3 rings (SSSR count). The number of halogens is 1. The zero-order valence-corrected chi connectivity index (χ0v) is 14.5. The van der Waals surface area contributed by atoms with E-state index in [2.05, 4.69) is 58.2 Å². The number of rotatable bonds is 4. The van der Waals surface area contributed by atoms with Crippen LogP contribution < -0.4 is 10.1 Å². The Morgan fingerprint density at radius 1 is 1.38 bits per heavy atom. The minimum atomic E-state index is 0.430. The zero-order valence-electron chi connectivity index (χ0n) is 12.9. The van der Waals surface area contributed by atoms with E-state index in [0.717, 1.165) is 35.7 Å². The van der Waals surface area contributed by atoms with Gasteiger partial charge in [-0.2, -0.15) is 0 Å². The SMILES string of the molecule is CC(C)N1CCC(CNC2CCOc3ccc(Br)cc32)C1. The highest BCUT2D eigenvalue weighted by Crippen LogP contribution is 2.34. The predicted molar refractivity (Wildman–Crippen MR) is 89.8 cm³/mol. The number of likely N-dealkylation sites (tertiary alicyclic amines) is 1. The topological polar surface area (TPSA) is 24.5 Å². The third-order valence-electron chi connectivity index (χ3n) is 4.71. The second-order valence-electron chi connectivity index (χ2n) is 6.52. The van der Waals surface area contributed by atoms with Crippen LogP contribution in [0.1, 0.15) is 38.3 Å². The Balaban J connectivity index is 1.59. The van der Waals surface area contributed by atoms with Crippen molar-refractivity contribution in [3.8, 4) is 5.75 Å². The van der Waals surface area contributed by atoms with Gasteiger partial charge in [-0.05, 0) is 57.5 Å². The van der Waals surface area contributed by atoms with Crippen molar-refractivity contribution in [2.24, 2.45) is 5.92 Å². The number of hydrogen-bond donors (Lipinski definition) is 1. The zero-order chi connectivity index (χ0) is 14.8. The lowest BCUT2D eigenvalue weighted by molar-refractivity contribution is 0.242. The fourth-order valence-electron chi connectivity index (χ4n) is 3.38. The van der Waals surface area contributed by atoms with E-state index >= 15 is 0 Å². The number of fused-ring (bicyclic) bond motifs is 1. The van der Waals surface area contributed by atoms with Crippen LogP contribution in [0, 0.1) is 5.92 Å². The number of nitrogens with zero attached hydrogens (tertiary/aromatic N) is 1. The van der Waals surface area contributed by atoms with E-state index in [1.165, 1.54) is 25.1 Å². The molecule has 1 aromatic rings. The van der Waals surface area contributed by atoms with Gasteiger partial charge in [0.15, 0.2) is 0 Å². The minimum Gasteiger partial charge on any atom is -0.493 e. The molecule has 2 atom stereocenters. The molecule has 116 valence electrons. The Labute approximate surface area is 136 Å². The van der Waals surface area contributed by atoms with Gasteiger partial charge in [0.05, 0.1) is 6.61 Å². The number of ether oxygens (including phenoxy) is 1. The Hall–Kier alpha value is -0.580. The molecule has 1 saturated heterocycles. The first-order chi connectivity index (χ1) is 10.1. The lowest BCUT2D eigenvalue weighted by Gasteiger charge is -2.28. The summed E-state index contributed by atoms with van der Waals surface area (Å²) < 4.78 is 6.89. The largest absolute Gasteiger partial charge is 0.493 e. The molecule has 4 heteroatoms. The molecular formula is C17H25BrN2O. The van der Waals surface area contributed by atoms with Gasteiger partial charge in [0, 0.05) is 35.1 Å². The average molecular weight is 353 g/mol. The van der Waals surface area contributed by atoms with E-state index in [-0.39, 0.29) is 0 Å². The van der Waals surface area contributed by atoms with Gasteiger partial charge in [-0.15, -0.1) is 0 Å². The molecule has 0 spiro atoms. The van der Waals surface area contributed by atoms with Gasteiger partial charge in [0.1, 0.15) is 5.75 Å². The number of hydrogen-bond acceptors (Lipinski definition) is 3. The highest BCUT2D eigenvalue weighted by molar-refractivity contribution is 9.10. The quantitative estimate of drug-likeness (QED) is 0.895. The van der Waals surface area contributed by atoms with Gasteiger partial charge in [0.2, 0.25) is 0 Å². The highest BCUT2D eigenvalue weighted by Gasteiger charge is 2.26. The predicted octanol–water partition coefficient (Wildman–Crippen LogP) is 3.59. The van der Waals surface area contributed by atoms with E-state index in [1.807, 2.05) is 0 Å².